The molecule has 0 radical (unpaired) electrons. The van der Waals surface area contributed by atoms with E-state index in [1.54, 1.807) is 6.20 Å². The summed E-state index contributed by atoms with van der Waals surface area (Å²) >= 11 is 5.97. The van der Waals surface area contributed by atoms with Crippen LogP contribution in [0.15, 0.2) is 60.9 Å². The molecule has 1 aromatic carbocycles. The molecule has 1 aliphatic heterocycles. The van der Waals surface area contributed by atoms with Crippen molar-refractivity contribution >= 4 is 22.6 Å². The fraction of sp³-hybridized carbons (Fsp3) is 0.182. The summed E-state index contributed by atoms with van der Waals surface area (Å²) in [6.07, 6.45) is 4.64. The van der Waals surface area contributed by atoms with Gasteiger partial charge in [0.1, 0.15) is 0 Å². The maximum atomic E-state index is 5.97. The Hall–Kier alpha value is -2.89. The van der Waals surface area contributed by atoms with Crippen LogP contribution in [-0.4, -0.2) is 31.4 Å². The number of pyridine rings is 2. The number of fused-ring (bicyclic) bond motifs is 2. The number of hydrogen-bond donors (Lipinski definition) is 0. The van der Waals surface area contributed by atoms with Gasteiger partial charge in [-0.2, -0.15) is 0 Å². The average Bonchev–Trinajstić information content (AvgIpc) is 2.74. The van der Waals surface area contributed by atoms with E-state index in [1.807, 2.05) is 42.6 Å². The van der Waals surface area contributed by atoms with Crippen LogP contribution in [0.2, 0.25) is 5.02 Å². The highest BCUT2D eigenvalue weighted by molar-refractivity contribution is 6.30. The van der Waals surface area contributed by atoms with E-state index in [0.29, 0.717) is 0 Å². The third-order valence-corrected chi connectivity index (χ3v) is 5.27. The molecule has 0 unspecified atom stereocenters. The number of rotatable bonds is 3. The van der Waals surface area contributed by atoms with Crippen LogP contribution in [0.5, 0.6) is 0 Å². The van der Waals surface area contributed by atoms with Crippen LogP contribution in [0.3, 0.4) is 0 Å². The predicted octanol–water partition coefficient (Wildman–Crippen LogP) is 4.30. The van der Waals surface area contributed by atoms with E-state index >= 15 is 0 Å². The van der Waals surface area contributed by atoms with Gasteiger partial charge in [0.2, 0.25) is 0 Å². The van der Waals surface area contributed by atoms with Gasteiger partial charge in [-0.25, -0.2) is 19.9 Å². The SMILES string of the molecule is Clc1ccc(-c2ncc3c(n2)CCN(Cc2ccc4cccnc4n2)C3)cc1. The quantitative estimate of drug-likeness (QED) is 0.524. The minimum absolute atomic E-state index is 0.717. The Bertz CT molecular complexity index is 1140. The van der Waals surface area contributed by atoms with Crippen LogP contribution in [0, 0.1) is 0 Å². The lowest BCUT2D eigenvalue weighted by atomic mass is 10.1. The molecular weight excluding hydrogens is 370 g/mol. The van der Waals surface area contributed by atoms with Gasteiger partial charge in [-0.05, 0) is 48.5 Å². The molecule has 5 rings (SSSR count). The van der Waals surface area contributed by atoms with Crippen molar-refractivity contribution in [2.45, 2.75) is 19.5 Å². The van der Waals surface area contributed by atoms with Crippen molar-refractivity contribution in [3.63, 3.8) is 0 Å². The Morgan fingerprint density at radius 1 is 0.964 bits per heavy atom. The van der Waals surface area contributed by atoms with Crippen LogP contribution in [0.25, 0.3) is 22.4 Å². The number of nitrogens with zero attached hydrogens (tertiary/aromatic N) is 5. The first kappa shape index (κ1) is 17.2. The van der Waals surface area contributed by atoms with Crippen molar-refractivity contribution in [3.8, 4) is 11.4 Å². The Morgan fingerprint density at radius 3 is 2.75 bits per heavy atom. The number of hydrogen-bond acceptors (Lipinski definition) is 5. The number of aromatic nitrogens is 4. The highest BCUT2D eigenvalue weighted by atomic mass is 35.5. The predicted molar refractivity (Wildman–Crippen MR) is 110 cm³/mol. The lowest BCUT2D eigenvalue weighted by Gasteiger charge is -2.27. The zero-order valence-corrected chi connectivity index (χ0v) is 16.0. The van der Waals surface area contributed by atoms with Gasteiger partial charge in [0.15, 0.2) is 11.5 Å². The molecule has 0 atom stereocenters. The van der Waals surface area contributed by atoms with Gasteiger partial charge in [-0.1, -0.05) is 11.6 Å². The zero-order valence-electron chi connectivity index (χ0n) is 15.2. The molecule has 0 N–H and O–H groups in total. The lowest BCUT2D eigenvalue weighted by Crippen LogP contribution is -2.31. The molecule has 138 valence electrons. The maximum absolute atomic E-state index is 5.97. The van der Waals surface area contributed by atoms with E-state index in [4.69, 9.17) is 21.6 Å². The standard InChI is InChI=1S/C22H18ClN5/c23-18-6-3-16(4-7-18)22-25-12-17-13-28(11-9-20(17)27-22)14-19-8-5-15-2-1-10-24-21(15)26-19/h1-8,10,12H,9,11,13-14H2. The van der Waals surface area contributed by atoms with Gasteiger partial charge < -0.3 is 0 Å². The molecule has 6 heteroatoms. The van der Waals surface area contributed by atoms with E-state index in [1.165, 1.54) is 5.56 Å². The highest BCUT2D eigenvalue weighted by Gasteiger charge is 2.19. The maximum Gasteiger partial charge on any atom is 0.159 e. The summed E-state index contributed by atoms with van der Waals surface area (Å²) in [6, 6.07) is 15.8. The van der Waals surface area contributed by atoms with Gasteiger partial charge in [-0.15, -0.1) is 0 Å². The molecule has 28 heavy (non-hydrogen) atoms. The van der Waals surface area contributed by atoms with Crippen molar-refractivity contribution in [1.29, 1.82) is 0 Å². The first-order chi connectivity index (χ1) is 13.7. The van der Waals surface area contributed by atoms with Crippen molar-refractivity contribution < 1.29 is 0 Å². The molecule has 4 aromatic rings. The van der Waals surface area contributed by atoms with E-state index in [2.05, 4.69) is 27.0 Å². The molecule has 0 fully saturated rings. The molecule has 1 aliphatic rings. The molecular formula is C22H18ClN5. The number of halogens is 1. The van der Waals surface area contributed by atoms with Crippen LogP contribution >= 0.6 is 11.6 Å². The summed E-state index contributed by atoms with van der Waals surface area (Å²) < 4.78 is 0. The summed E-state index contributed by atoms with van der Waals surface area (Å²) in [4.78, 5) is 20.8. The highest BCUT2D eigenvalue weighted by Crippen LogP contribution is 2.23. The summed E-state index contributed by atoms with van der Waals surface area (Å²) in [7, 11) is 0. The third-order valence-electron chi connectivity index (χ3n) is 5.02. The van der Waals surface area contributed by atoms with Crippen molar-refractivity contribution in [2.75, 3.05) is 6.54 Å². The fourth-order valence-corrected chi connectivity index (χ4v) is 3.68. The molecule has 5 nitrogen and oxygen atoms in total. The molecule has 4 heterocycles. The van der Waals surface area contributed by atoms with Gasteiger partial charge in [-0.3, -0.25) is 4.90 Å². The Morgan fingerprint density at radius 2 is 1.86 bits per heavy atom. The molecule has 3 aromatic heterocycles. The van der Waals surface area contributed by atoms with Gasteiger partial charge in [0, 0.05) is 60.0 Å². The zero-order chi connectivity index (χ0) is 18.9. The molecule has 0 saturated heterocycles. The summed E-state index contributed by atoms with van der Waals surface area (Å²) in [5.74, 6) is 0.756. The Balaban J connectivity index is 1.34. The van der Waals surface area contributed by atoms with Crippen LogP contribution in [-0.2, 0) is 19.5 Å². The minimum Gasteiger partial charge on any atom is -0.293 e. The van der Waals surface area contributed by atoms with Crippen molar-refractivity contribution in [2.24, 2.45) is 0 Å². The van der Waals surface area contributed by atoms with Crippen LogP contribution < -0.4 is 0 Å². The summed E-state index contributed by atoms with van der Waals surface area (Å²) in [6.45, 7) is 2.58. The second-order valence-corrected chi connectivity index (χ2v) is 7.42. The van der Waals surface area contributed by atoms with E-state index < -0.39 is 0 Å². The largest absolute Gasteiger partial charge is 0.293 e. The molecule has 0 saturated carbocycles. The third kappa shape index (κ3) is 3.46. The second-order valence-electron chi connectivity index (χ2n) is 6.99. The van der Waals surface area contributed by atoms with Crippen LogP contribution in [0.4, 0.5) is 0 Å². The minimum atomic E-state index is 0.717. The van der Waals surface area contributed by atoms with Crippen molar-refractivity contribution in [3.05, 3.63) is 82.9 Å². The first-order valence-corrected chi connectivity index (χ1v) is 9.66. The Labute approximate surface area is 168 Å². The van der Waals surface area contributed by atoms with Gasteiger partial charge in [0.05, 0.1) is 11.4 Å². The number of benzene rings is 1. The normalized spacial score (nSPS) is 14.2. The van der Waals surface area contributed by atoms with Crippen LogP contribution in [0.1, 0.15) is 17.0 Å². The summed E-state index contributed by atoms with van der Waals surface area (Å²) in [5, 5.41) is 1.79. The Kier molecular flexibility index (Phi) is 4.47. The second kappa shape index (κ2) is 7.26. The van der Waals surface area contributed by atoms with Gasteiger partial charge >= 0.3 is 0 Å². The van der Waals surface area contributed by atoms with E-state index in [-0.39, 0.29) is 0 Å². The lowest BCUT2D eigenvalue weighted by molar-refractivity contribution is 0.240. The average molecular weight is 388 g/mol. The van der Waals surface area contributed by atoms with Crippen molar-refractivity contribution in [1.82, 2.24) is 24.8 Å². The molecule has 0 spiro atoms. The fourth-order valence-electron chi connectivity index (χ4n) is 3.56. The van der Waals surface area contributed by atoms with E-state index in [0.717, 1.165) is 64.9 Å². The molecule has 0 aliphatic carbocycles. The van der Waals surface area contributed by atoms with E-state index in [9.17, 15) is 0 Å². The first-order valence-electron chi connectivity index (χ1n) is 9.28. The smallest absolute Gasteiger partial charge is 0.159 e. The molecule has 0 bridgehead atoms. The van der Waals surface area contributed by atoms with Gasteiger partial charge in [0.25, 0.3) is 0 Å². The topological polar surface area (TPSA) is 54.8 Å². The molecule has 0 amide bonds. The monoisotopic (exact) mass is 387 g/mol. The summed E-state index contributed by atoms with van der Waals surface area (Å²) in [5.41, 5.74) is 5.14.